The average molecular weight is 551 g/mol. The molecule has 2 saturated heterocycles. The van der Waals surface area contributed by atoms with Crippen LogP contribution < -0.4 is 10.2 Å². The number of amides is 1. The Labute approximate surface area is 241 Å². The van der Waals surface area contributed by atoms with Gasteiger partial charge in [-0.2, -0.15) is 5.06 Å². The van der Waals surface area contributed by atoms with E-state index in [0.717, 1.165) is 85.0 Å². The normalized spacial score (nSPS) is 18.5. The largest absolute Gasteiger partial charge is 0.353 e. The van der Waals surface area contributed by atoms with Crippen molar-refractivity contribution in [2.75, 3.05) is 63.1 Å². The number of nitrogens with one attached hydrogen (secondary N) is 1. The Morgan fingerprint density at radius 1 is 0.927 bits per heavy atom. The van der Waals surface area contributed by atoms with Gasteiger partial charge < -0.3 is 15.1 Å². The van der Waals surface area contributed by atoms with E-state index < -0.39 is 0 Å². The summed E-state index contributed by atoms with van der Waals surface area (Å²) >= 11 is 0. The van der Waals surface area contributed by atoms with Gasteiger partial charge >= 0.3 is 0 Å². The predicted octanol–water partition coefficient (Wildman–Crippen LogP) is 4.87. The van der Waals surface area contributed by atoms with Crippen molar-refractivity contribution < 1.29 is 9.63 Å². The molecule has 41 heavy (non-hydrogen) atoms. The molecular weight excluding hydrogens is 512 g/mol. The summed E-state index contributed by atoms with van der Waals surface area (Å²) in [5.74, 6) is 1.59. The standard InChI is InChI=1S/C33H38N6O2/c1-41-39-15-5-8-26(24-39)23-37-16-18-38(19-17-37)32-22-34-30-14-11-28(21-31(30)36-32)27-9-12-29(13-10-27)35-33(40)20-25-6-3-2-4-7-25/h2-4,6-7,9-14,21-22,26H,5,8,15-20,23-24H2,1H3,(H,35,40). The topological polar surface area (TPSA) is 73.8 Å². The molecule has 0 bridgehead atoms. The lowest BCUT2D eigenvalue weighted by Gasteiger charge is -2.39. The maximum absolute atomic E-state index is 12.4. The number of carbonyl (C=O) groups excluding carboxylic acids is 1. The fraction of sp³-hybridized carbons (Fsp3) is 0.364. The van der Waals surface area contributed by atoms with Gasteiger partial charge in [-0.25, -0.2) is 4.98 Å². The van der Waals surface area contributed by atoms with Gasteiger partial charge in [-0.15, -0.1) is 0 Å². The molecule has 1 atom stereocenters. The molecule has 212 valence electrons. The van der Waals surface area contributed by atoms with Gasteiger partial charge in [0.25, 0.3) is 0 Å². The van der Waals surface area contributed by atoms with Crippen molar-refractivity contribution >= 4 is 28.4 Å². The van der Waals surface area contributed by atoms with E-state index in [1.165, 1.54) is 12.8 Å². The molecule has 1 N–H and O–H groups in total. The molecule has 0 spiro atoms. The predicted molar refractivity (Wildman–Crippen MR) is 164 cm³/mol. The van der Waals surface area contributed by atoms with E-state index in [-0.39, 0.29) is 5.91 Å². The molecule has 1 unspecified atom stereocenters. The van der Waals surface area contributed by atoms with Gasteiger partial charge in [0.15, 0.2) is 0 Å². The second-order valence-electron chi connectivity index (χ2n) is 11.1. The van der Waals surface area contributed by atoms with E-state index in [4.69, 9.17) is 14.8 Å². The highest BCUT2D eigenvalue weighted by Crippen LogP contribution is 2.26. The Morgan fingerprint density at radius 2 is 1.71 bits per heavy atom. The number of hydrogen-bond acceptors (Lipinski definition) is 7. The van der Waals surface area contributed by atoms with Gasteiger partial charge in [-0.1, -0.05) is 48.5 Å². The van der Waals surface area contributed by atoms with Gasteiger partial charge in [-0.3, -0.25) is 14.7 Å². The summed E-state index contributed by atoms with van der Waals surface area (Å²) in [6.07, 6.45) is 4.76. The van der Waals surface area contributed by atoms with Crippen LogP contribution in [-0.4, -0.2) is 78.8 Å². The quantitative estimate of drug-likeness (QED) is 0.335. The summed E-state index contributed by atoms with van der Waals surface area (Å²) in [5, 5.41) is 5.09. The molecular formula is C33H38N6O2. The molecule has 8 heteroatoms. The lowest BCUT2D eigenvalue weighted by Crippen LogP contribution is -2.49. The molecule has 4 aromatic rings. The Hall–Kier alpha value is -3.85. The number of piperidine rings is 1. The molecule has 3 aromatic carbocycles. The number of aromatic nitrogens is 2. The minimum absolute atomic E-state index is 0.0231. The minimum atomic E-state index is -0.0231. The monoisotopic (exact) mass is 550 g/mol. The average Bonchev–Trinajstić information content (AvgIpc) is 3.02. The van der Waals surface area contributed by atoms with Crippen LogP contribution in [0.25, 0.3) is 22.2 Å². The fourth-order valence-electron chi connectivity index (χ4n) is 5.93. The first-order valence-electron chi connectivity index (χ1n) is 14.6. The van der Waals surface area contributed by atoms with Crippen molar-refractivity contribution in [3.63, 3.8) is 0 Å². The Kier molecular flexibility index (Phi) is 8.51. The lowest BCUT2D eigenvalue weighted by molar-refractivity contribution is -0.154. The van der Waals surface area contributed by atoms with Crippen LogP contribution in [0.4, 0.5) is 11.5 Å². The first kappa shape index (κ1) is 27.3. The summed E-state index contributed by atoms with van der Waals surface area (Å²) in [6, 6.07) is 24.0. The van der Waals surface area contributed by atoms with E-state index in [1.807, 2.05) is 66.9 Å². The number of carbonyl (C=O) groups is 1. The summed E-state index contributed by atoms with van der Waals surface area (Å²) in [5.41, 5.74) is 5.72. The first-order valence-corrected chi connectivity index (χ1v) is 14.6. The highest BCUT2D eigenvalue weighted by molar-refractivity contribution is 5.92. The lowest BCUT2D eigenvalue weighted by atomic mass is 9.98. The molecule has 6 rings (SSSR count). The third-order valence-electron chi connectivity index (χ3n) is 8.19. The summed E-state index contributed by atoms with van der Waals surface area (Å²) in [6.45, 7) is 7.20. The summed E-state index contributed by atoms with van der Waals surface area (Å²) < 4.78 is 0. The molecule has 0 radical (unpaired) electrons. The minimum Gasteiger partial charge on any atom is -0.353 e. The summed E-state index contributed by atoms with van der Waals surface area (Å²) in [4.78, 5) is 32.6. The van der Waals surface area contributed by atoms with Crippen LogP contribution in [0.15, 0.2) is 79.0 Å². The van der Waals surface area contributed by atoms with Gasteiger partial charge in [0.2, 0.25) is 5.91 Å². The molecule has 1 amide bonds. The number of fused-ring (bicyclic) bond motifs is 1. The van der Waals surface area contributed by atoms with Crippen molar-refractivity contribution in [1.82, 2.24) is 19.9 Å². The Balaban J connectivity index is 1.07. The molecule has 8 nitrogen and oxygen atoms in total. The molecule has 1 aromatic heterocycles. The molecule has 2 aliphatic heterocycles. The van der Waals surface area contributed by atoms with Crippen molar-refractivity contribution in [3.05, 3.63) is 84.6 Å². The first-order chi connectivity index (χ1) is 20.1. The number of nitrogens with zero attached hydrogens (tertiary/aromatic N) is 5. The van der Waals surface area contributed by atoms with E-state index in [2.05, 4.69) is 32.3 Å². The highest BCUT2D eigenvalue weighted by atomic mass is 16.7. The maximum atomic E-state index is 12.4. The van der Waals surface area contributed by atoms with E-state index in [9.17, 15) is 4.79 Å². The number of hydrogen-bond donors (Lipinski definition) is 1. The molecule has 0 saturated carbocycles. The van der Waals surface area contributed by atoms with Crippen LogP contribution in [0.1, 0.15) is 18.4 Å². The zero-order valence-corrected chi connectivity index (χ0v) is 23.7. The molecule has 2 aliphatic rings. The smallest absolute Gasteiger partial charge is 0.228 e. The van der Waals surface area contributed by atoms with E-state index >= 15 is 0 Å². The van der Waals surface area contributed by atoms with Gasteiger partial charge in [0.1, 0.15) is 5.82 Å². The Morgan fingerprint density at radius 3 is 2.49 bits per heavy atom. The third-order valence-corrected chi connectivity index (χ3v) is 8.19. The van der Waals surface area contributed by atoms with E-state index in [0.29, 0.717) is 12.3 Å². The molecule has 3 heterocycles. The van der Waals surface area contributed by atoms with Crippen molar-refractivity contribution in [3.8, 4) is 11.1 Å². The zero-order valence-electron chi connectivity index (χ0n) is 23.7. The Bertz CT molecular complexity index is 1450. The van der Waals surface area contributed by atoms with Crippen LogP contribution in [0.2, 0.25) is 0 Å². The molecule has 0 aliphatic carbocycles. The number of piperazine rings is 1. The fourth-order valence-corrected chi connectivity index (χ4v) is 5.93. The van der Waals surface area contributed by atoms with Gasteiger partial charge in [0.05, 0.1) is 30.8 Å². The number of anilines is 2. The second kappa shape index (κ2) is 12.8. The number of benzene rings is 3. The van der Waals surface area contributed by atoms with Crippen LogP contribution in [-0.2, 0) is 16.1 Å². The van der Waals surface area contributed by atoms with Gasteiger partial charge in [-0.05, 0) is 59.7 Å². The van der Waals surface area contributed by atoms with E-state index in [1.54, 1.807) is 7.11 Å². The SMILES string of the molecule is CON1CCCC(CN2CCN(c3cnc4ccc(-c5ccc(NC(=O)Cc6ccccc6)cc5)cc4n3)CC2)C1. The highest BCUT2D eigenvalue weighted by Gasteiger charge is 2.25. The third kappa shape index (κ3) is 6.90. The number of rotatable bonds is 8. The van der Waals surface area contributed by atoms with Crippen molar-refractivity contribution in [2.45, 2.75) is 19.3 Å². The van der Waals surface area contributed by atoms with Crippen LogP contribution >= 0.6 is 0 Å². The maximum Gasteiger partial charge on any atom is 0.228 e. The molecule has 2 fully saturated rings. The zero-order chi connectivity index (χ0) is 28.0. The number of hydroxylamine groups is 2. The van der Waals surface area contributed by atoms with Gasteiger partial charge in [0, 0.05) is 51.5 Å². The van der Waals surface area contributed by atoms with Crippen LogP contribution in [0.3, 0.4) is 0 Å². The van der Waals surface area contributed by atoms with Crippen LogP contribution in [0.5, 0.6) is 0 Å². The van der Waals surface area contributed by atoms with Crippen molar-refractivity contribution in [1.29, 1.82) is 0 Å². The van der Waals surface area contributed by atoms with Crippen molar-refractivity contribution in [2.24, 2.45) is 5.92 Å². The van der Waals surface area contributed by atoms with Crippen LogP contribution in [0, 0.1) is 5.92 Å². The summed E-state index contributed by atoms with van der Waals surface area (Å²) in [7, 11) is 1.78. The second-order valence-corrected chi connectivity index (χ2v) is 11.1.